The number of unbranched alkanes of at least 4 members (excludes halogenated alkanes) is 2. The molecule has 0 heterocycles. The highest BCUT2D eigenvalue weighted by Gasteiger charge is 2.30. The van der Waals surface area contributed by atoms with Gasteiger partial charge in [-0.2, -0.15) is 0 Å². The Hall–Kier alpha value is -1.68. The third-order valence-electron chi connectivity index (χ3n) is 9.89. The Morgan fingerprint density at radius 3 is 2.33 bits per heavy atom. The second-order valence-electron chi connectivity index (χ2n) is 12.9. The van der Waals surface area contributed by atoms with Crippen LogP contribution in [-0.2, 0) is 4.74 Å². The maximum atomic E-state index is 9.79. The van der Waals surface area contributed by atoms with Crippen molar-refractivity contribution in [1.29, 1.82) is 0 Å². The van der Waals surface area contributed by atoms with Crippen molar-refractivity contribution in [3.63, 3.8) is 0 Å². The second-order valence-corrected chi connectivity index (χ2v) is 12.9. The average Bonchev–Trinajstić information content (AvgIpc) is 2.97. The molecule has 0 saturated heterocycles. The van der Waals surface area contributed by atoms with E-state index < -0.39 is 6.29 Å². The smallest absolute Gasteiger partial charge is 0.176 e. The number of aliphatic hydroxyl groups excluding tert-OH is 2. The molecular weight excluding hydrogens is 480 g/mol. The zero-order valence-electron chi connectivity index (χ0n) is 24.7. The lowest BCUT2D eigenvalue weighted by atomic mass is 9.69. The van der Waals surface area contributed by atoms with E-state index in [1.807, 2.05) is 0 Å². The van der Waals surface area contributed by atoms with Crippen molar-refractivity contribution in [1.82, 2.24) is 0 Å². The molecule has 2 N–H and O–H groups in total. The molecule has 4 rings (SSSR count). The lowest BCUT2D eigenvalue weighted by Gasteiger charge is -2.36. The number of aliphatic hydroxyl groups is 2. The molecule has 0 aliphatic heterocycles. The van der Waals surface area contributed by atoms with E-state index >= 15 is 0 Å². The van der Waals surface area contributed by atoms with Gasteiger partial charge in [0.25, 0.3) is 0 Å². The summed E-state index contributed by atoms with van der Waals surface area (Å²) >= 11 is 0. The summed E-state index contributed by atoms with van der Waals surface area (Å²) in [5.41, 5.74) is 5.27. The molecule has 3 aliphatic rings. The van der Waals surface area contributed by atoms with Crippen LogP contribution in [0.1, 0.15) is 120 Å². The van der Waals surface area contributed by atoms with Crippen LogP contribution in [0.15, 0.2) is 60.2 Å². The van der Waals surface area contributed by atoms with Crippen LogP contribution in [0.5, 0.6) is 0 Å². The zero-order chi connectivity index (χ0) is 27.6. The second kappa shape index (κ2) is 15.4. The number of fused-ring (bicyclic) bond motifs is 1. The molecular formula is C36H54O3. The van der Waals surface area contributed by atoms with Crippen molar-refractivity contribution in [2.24, 2.45) is 23.7 Å². The van der Waals surface area contributed by atoms with Crippen LogP contribution >= 0.6 is 0 Å². The van der Waals surface area contributed by atoms with Crippen LogP contribution in [0.3, 0.4) is 0 Å². The first kappa shape index (κ1) is 30.3. The van der Waals surface area contributed by atoms with Crippen molar-refractivity contribution in [2.45, 2.75) is 115 Å². The number of rotatable bonds is 14. The molecule has 0 radical (unpaired) electrons. The number of hydrogen-bond donors (Lipinski definition) is 2. The zero-order valence-corrected chi connectivity index (χ0v) is 24.7. The van der Waals surface area contributed by atoms with Gasteiger partial charge in [-0.3, -0.25) is 0 Å². The first-order valence-electron chi connectivity index (χ1n) is 16.0. The lowest BCUT2D eigenvalue weighted by molar-refractivity contribution is -0.0892. The van der Waals surface area contributed by atoms with Gasteiger partial charge in [0.2, 0.25) is 0 Å². The normalized spacial score (nSPS) is 28.4. The van der Waals surface area contributed by atoms with Gasteiger partial charge in [-0.25, -0.2) is 0 Å². The largest absolute Gasteiger partial charge is 0.396 e. The van der Waals surface area contributed by atoms with Crippen LogP contribution < -0.4 is 0 Å². The first-order chi connectivity index (χ1) is 19.0. The Morgan fingerprint density at radius 1 is 0.974 bits per heavy atom. The molecule has 5 atom stereocenters. The van der Waals surface area contributed by atoms with E-state index in [2.05, 4.69) is 56.0 Å². The van der Waals surface area contributed by atoms with Gasteiger partial charge in [0, 0.05) is 12.5 Å². The van der Waals surface area contributed by atoms with Crippen LogP contribution in [0.2, 0.25) is 0 Å². The van der Waals surface area contributed by atoms with Crippen LogP contribution in [0.25, 0.3) is 0 Å². The van der Waals surface area contributed by atoms with Gasteiger partial charge in [-0.05, 0) is 117 Å². The SMILES string of the molecule is C=C(C)C(O)OCC(CO)CCC1CCC(c2ccc(C3CCC4C=C(CCCCC)C=CC4C3)cc2)CC1. The molecule has 3 nitrogen and oxygen atoms in total. The molecule has 5 unspecified atom stereocenters. The average molecular weight is 535 g/mol. The Morgan fingerprint density at radius 2 is 1.67 bits per heavy atom. The lowest BCUT2D eigenvalue weighted by Crippen LogP contribution is -2.23. The molecule has 0 spiro atoms. The fourth-order valence-electron chi connectivity index (χ4n) is 7.18. The van der Waals surface area contributed by atoms with E-state index in [1.54, 1.807) is 18.1 Å². The van der Waals surface area contributed by atoms with Crippen molar-refractivity contribution in [3.05, 3.63) is 71.3 Å². The standard InChI is InChI=1S/C36H54O3/c1-4-5-6-7-28-12-15-35-23-34(21-20-33(35)22-28)32-18-16-31(17-19-32)30-13-10-27(11-14-30)8-9-29(24-37)25-39-36(38)26(2)3/h12,15-19,22,27,29-30,33-38H,2,4-11,13-14,20-21,23-25H2,1,3H3. The highest BCUT2D eigenvalue weighted by molar-refractivity contribution is 5.31. The van der Waals surface area contributed by atoms with E-state index in [0.717, 1.165) is 30.6 Å². The number of benzene rings is 1. The summed E-state index contributed by atoms with van der Waals surface area (Å²) in [6, 6.07) is 9.74. The fourth-order valence-corrected chi connectivity index (χ4v) is 7.18. The van der Waals surface area contributed by atoms with Gasteiger partial charge in [-0.15, -0.1) is 0 Å². The minimum absolute atomic E-state index is 0.0901. The quantitative estimate of drug-likeness (QED) is 0.142. The molecule has 1 aromatic carbocycles. The molecule has 216 valence electrons. The van der Waals surface area contributed by atoms with E-state index in [-0.39, 0.29) is 12.5 Å². The summed E-state index contributed by atoms with van der Waals surface area (Å²) < 4.78 is 5.46. The van der Waals surface area contributed by atoms with E-state index in [4.69, 9.17) is 4.74 Å². The van der Waals surface area contributed by atoms with Crippen molar-refractivity contribution in [2.75, 3.05) is 13.2 Å². The van der Waals surface area contributed by atoms with Gasteiger partial charge in [-0.1, -0.05) is 80.8 Å². The Kier molecular flexibility index (Phi) is 11.9. The summed E-state index contributed by atoms with van der Waals surface area (Å²) in [7, 11) is 0. The van der Waals surface area contributed by atoms with E-state index in [1.165, 1.54) is 76.2 Å². The molecule has 1 aromatic rings. The Bertz CT molecular complexity index is 937. The monoisotopic (exact) mass is 534 g/mol. The summed E-state index contributed by atoms with van der Waals surface area (Å²) in [5, 5.41) is 19.5. The Labute approximate surface area is 238 Å². The van der Waals surface area contributed by atoms with E-state index in [9.17, 15) is 10.2 Å². The van der Waals surface area contributed by atoms with Crippen LogP contribution in [0.4, 0.5) is 0 Å². The van der Waals surface area contributed by atoms with Crippen LogP contribution in [-0.4, -0.2) is 29.7 Å². The first-order valence-corrected chi connectivity index (χ1v) is 16.0. The molecule has 2 saturated carbocycles. The molecule has 2 fully saturated rings. The fraction of sp³-hybridized carbons (Fsp3) is 0.667. The summed E-state index contributed by atoms with van der Waals surface area (Å²) in [4.78, 5) is 0. The molecule has 39 heavy (non-hydrogen) atoms. The molecule has 3 aliphatic carbocycles. The number of allylic oxidation sites excluding steroid dienone is 4. The van der Waals surface area contributed by atoms with Crippen molar-refractivity contribution < 1.29 is 14.9 Å². The summed E-state index contributed by atoms with van der Waals surface area (Å²) in [5.74, 6) is 3.71. The predicted molar refractivity (Wildman–Crippen MR) is 163 cm³/mol. The van der Waals surface area contributed by atoms with Crippen LogP contribution in [0, 0.1) is 23.7 Å². The number of ether oxygens (including phenoxy) is 1. The van der Waals surface area contributed by atoms with Gasteiger partial charge in [0.15, 0.2) is 6.29 Å². The molecule has 0 bridgehead atoms. The maximum absolute atomic E-state index is 9.79. The van der Waals surface area contributed by atoms with Crippen molar-refractivity contribution in [3.8, 4) is 0 Å². The number of hydrogen-bond acceptors (Lipinski definition) is 3. The van der Waals surface area contributed by atoms with Gasteiger partial charge in [0.05, 0.1) is 6.61 Å². The van der Waals surface area contributed by atoms with Gasteiger partial charge in [0.1, 0.15) is 0 Å². The molecule has 3 heteroatoms. The van der Waals surface area contributed by atoms with Crippen molar-refractivity contribution >= 4 is 0 Å². The topological polar surface area (TPSA) is 49.7 Å². The van der Waals surface area contributed by atoms with E-state index in [0.29, 0.717) is 24.0 Å². The Balaban J connectivity index is 1.19. The minimum atomic E-state index is -0.925. The third kappa shape index (κ3) is 8.90. The third-order valence-corrected chi connectivity index (χ3v) is 9.89. The van der Waals surface area contributed by atoms with Gasteiger partial charge < -0.3 is 14.9 Å². The summed E-state index contributed by atoms with van der Waals surface area (Å²) in [6.45, 7) is 8.27. The molecule has 0 amide bonds. The highest BCUT2D eigenvalue weighted by Crippen LogP contribution is 2.44. The minimum Gasteiger partial charge on any atom is -0.396 e. The highest BCUT2D eigenvalue weighted by atomic mass is 16.6. The molecule has 0 aromatic heterocycles. The summed E-state index contributed by atoms with van der Waals surface area (Å²) in [6.07, 6.45) is 23.0. The van der Waals surface area contributed by atoms with Gasteiger partial charge >= 0.3 is 0 Å². The maximum Gasteiger partial charge on any atom is 0.176 e. The predicted octanol–water partition coefficient (Wildman–Crippen LogP) is 8.84.